The molecule has 2 heterocycles. The molecular weight excluding hydrogens is 278 g/mol. The second kappa shape index (κ2) is 5.42. The van der Waals surface area contributed by atoms with E-state index in [4.69, 9.17) is 16.2 Å². The Labute approximate surface area is 120 Å². The summed E-state index contributed by atoms with van der Waals surface area (Å²) >= 11 is 0. The highest BCUT2D eigenvalue weighted by molar-refractivity contribution is 5.26. The summed E-state index contributed by atoms with van der Waals surface area (Å²) in [4.78, 5) is 15.4. The quantitative estimate of drug-likeness (QED) is 0.440. The lowest BCUT2D eigenvalue weighted by Gasteiger charge is -2.27. The van der Waals surface area contributed by atoms with Crippen molar-refractivity contribution in [2.24, 2.45) is 5.73 Å². The Morgan fingerprint density at radius 1 is 1.62 bits per heavy atom. The number of nitrogens with zero attached hydrogens (tertiary/aromatic N) is 3. The Hall–Kier alpha value is -1.99. The third kappa shape index (κ3) is 2.50. The number of hydrogen-bond donors (Lipinski definition) is 4. The third-order valence-electron chi connectivity index (χ3n) is 3.27. The van der Waals surface area contributed by atoms with Crippen molar-refractivity contribution in [2.45, 2.75) is 43.9 Å². The number of rotatable bonds is 2. The van der Waals surface area contributed by atoms with Gasteiger partial charge in [0, 0.05) is 0 Å². The molecule has 0 spiro atoms. The van der Waals surface area contributed by atoms with Crippen LogP contribution < -0.4 is 17.2 Å². The molecule has 1 aliphatic heterocycles. The predicted octanol–water partition coefficient (Wildman–Crippen LogP) is -2.42. The van der Waals surface area contributed by atoms with Crippen molar-refractivity contribution in [3.63, 3.8) is 0 Å². The van der Waals surface area contributed by atoms with E-state index in [2.05, 4.69) is 21.9 Å². The first-order valence-electron chi connectivity index (χ1n) is 6.27. The minimum atomic E-state index is -1.61. The summed E-state index contributed by atoms with van der Waals surface area (Å²) in [5.41, 5.74) is 9.09. The second-order valence-electron chi connectivity index (χ2n) is 4.85. The zero-order valence-corrected chi connectivity index (χ0v) is 11.6. The van der Waals surface area contributed by atoms with Gasteiger partial charge in [-0.15, -0.1) is 5.92 Å². The number of aliphatic hydroxyl groups excluding tert-OH is 2. The first kappa shape index (κ1) is 15.4. The van der Waals surface area contributed by atoms with E-state index in [0.29, 0.717) is 0 Å². The number of aliphatic hydroxyl groups is 2. The van der Waals surface area contributed by atoms with E-state index in [9.17, 15) is 15.0 Å². The van der Waals surface area contributed by atoms with Gasteiger partial charge in [0.15, 0.2) is 11.8 Å². The third-order valence-corrected chi connectivity index (χ3v) is 3.27. The van der Waals surface area contributed by atoms with E-state index in [0.717, 1.165) is 10.9 Å². The largest absolute Gasteiger partial charge is 0.391 e. The molecular formula is C12H17N5O4. The number of hydrogen-bond acceptors (Lipinski definition) is 8. The molecule has 5 atom stereocenters. The monoisotopic (exact) mass is 295 g/mol. The van der Waals surface area contributed by atoms with Crippen LogP contribution in [0.15, 0.2) is 11.0 Å². The van der Waals surface area contributed by atoms with Crippen molar-refractivity contribution < 1.29 is 14.9 Å². The van der Waals surface area contributed by atoms with E-state index >= 15 is 0 Å². The van der Waals surface area contributed by atoms with Crippen molar-refractivity contribution in [3.05, 3.63) is 16.7 Å². The maximum atomic E-state index is 11.9. The van der Waals surface area contributed by atoms with Crippen LogP contribution in [0.3, 0.4) is 0 Å². The second-order valence-corrected chi connectivity index (χ2v) is 4.85. The van der Waals surface area contributed by atoms with Crippen molar-refractivity contribution in [3.8, 4) is 11.8 Å². The summed E-state index contributed by atoms with van der Waals surface area (Å²) in [6.07, 6.45) is -3.36. The number of nitrogen functional groups attached to an aromatic ring is 1. The van der Waals surface area contributed by atoms with Crippen LogP contribution in [0, 0.1) is 11.8 Å². The lowest BCUT2D eigenvalue weighted by Crippen LogP contribution is -2.55. The molecule has 1 aliphatic rings. The molecule has 9 heteroatoms. The van der Waals surface area contributed by atoms with Gasteiger partial charge in [0.1, 0.15) is 18.0 Å². The lowest BCUT2D eigenvalue weighted by atomic mass is 9.90. The van der Waals surface area contributed by atoms with Crippen molar-refractivity contribution in [2.75, 3.05) is 5.73 Å². The fourth-order valence-electron chi connectivity index (χ4n) is 2.27. The molecule has 9 nitrogen and oxygen atoms in total. The topological polar surface area (TPSA) is 150 Å². The maximum absolute atomic E-state index is 11.9. The highest BCUT2D eigenvalue weighted by atomic mass is 16.6. The van der Waals surface area contributed by atoms with Gasteiger partial charge < -0.3 is 26.4 Å². The number of aromatic nitrogens is 3. The molecule has 1 fully saturated rings. The summed E-state index contributed by atoms with van der Waals surface area (Å²) in [6.45, 7) is 2.97. The number of nitrogens with two attached hydrogens (primary N) is 2. The van der Waals surface area contributed by atoms with Crippen LogP contribution in [0.1, 0.15) is 20.1 Å². The van der Waals surface area contributed by atoms with E-state index in [1.165, 1.54) is 13.8 Å². The molecule has 6 N–H and O–H groups in total. The molecule has 1 aromatic rings. The number of anilines is 1. The van der Waals surface area contributed by atoms with Crippen LogP contribution in [0.4, 0.5) is 5.82 Å². The van der Waals surface area contributed by atoms with Crippen molar-refractivity contribution in [1.82, 2.24) is 14.8 Å². The van der Waals surface area contributed by atoms with E-state index in [1.54, 1.807) is 0 Å². The Morgan fingerprint density at radius 2 is 2.29 bits per heavy atom. The fourth-order valence-corrected chi connectivity index (χ4v) is 2.27. The van der Waals surface area contributed by atoms with Crippen LogP contribution in [0.25, 0.3) is 0 Å². The molecule has 21 heavy (non-hydrogen) atoms. The van der Waals surface area contributed by atoms with Crippen LogP contribution in [0.2, 0.25) is 0 Å². The molecule has 1 aromatic heterocycles. The summed E-state index contributed by atoms with van der Waals surface area (Å²) in [5, 5.41) is 23.8. The molecule has 0 radical (unpaired) electrons. The molecule has 1 saturated heterocycles. The smallest absolute Gasteiger partial charge is 0.368 e. The molecule has 0 aromatic carbocycles. The molecule has 114 valence electrons. The van der Waals surface area contributed by atoms with E-state index < -0.39 is 35.8 Å². The molecule has 0 saturated carbocycles. The van der Waals surface area contributed by atoms with Gasteiger partial charge in [-0.05, 0) is 13.8 Å². The van der Waals surface area contributed by atoms with Gasteiger partial charge in [-0.1, -0.05) is 5.92 Å². The van der Waals surface area contributed by atoms with Gasteiger partial charge in [0.05, 0.1) is 12.3 Å². The highest BCUT2D eigenvalue weighted by Gasteiger charge is 2.56. The van der Waals surface area contributed by atoms with Gasteiger partial charge in [0.2, 0.25) is 0 Å². The Kier molecular flexibility index (Phi) is 3.97. The summed E-state index contributed by atoms with van der Waals surface area (Å²) in [6, 6.07) is 0. The first-order valence-corrected chi connectivity index (χ1v) is 6.27. The van der Waals surface area contributed by atoms with Gasteiger partial charge >= 0.3 is 5.69 Å². The lowest BCUT2D eigenvalue weighted by molar-refractivity contribution is -0.0816. The standard InChI is InChI=1S/C12H17N5O4/c1-3-4-12(14)9(19)8(6(2)18)21-10(12)17-11(20)16-7(13)5-15-17/h5-6,8-10,18-19H,14H2,1-2H3,(H2,13,16,20)/t6-,8-,9+,10-,12?/m1/s1. The van der Waals surface area contributed by atoms with Crippen LogP contribution in [-0.2, 0) is 4.74 Å². The molecule has 1 unspecified atom stereocenters. The number of ether oxygens (including phenoxy) is 1. The molecule has 2 rings (SSSR count). The highest BCUT2D eigenvalue weighted by Crippen LogP contribution is 2.36. The summed E-state index contributed by atoms with van der Waals surface area (Å²) in [5.74, 6) is 5.16. The average Bonchev–Trinajstić information content (AvgIpc) is 2.64. The van der Waals surface area contributed by atoms with Crippen molar-refractivity contribution >= 4 is 5.82 Å². The minimum absolute atomic E-state index is 0.0499. The molecule has 0 amide bonds. The van der Waals surface area contributed by atoms with Crippen LogP contribution >= 0.6 is 0 Å². The van der Waals surface area contributed by atoms with Crippen LogP contribution in [0.5, 0.6) is 0 Å². The Morgan fingerprint density at radius 3 is 2.81 bits per heavy atom. The van der Waals surface area contributed by atoms with Gasteiger partial charge in [0.25, 0.3) is 0 Å². The maximum Gasteiger partial charge on any atom is 0.368 e. The van der Waals surface area contributed by atoms with Gasteiger partial charge in [-0.25, -0.2) is 4.79 Å². The normalized spacial score (nSPS) is 33.3. The summed E-state index contributed by atoms with van der Waals surface area (Å²) < 4.78 is 6.36. The minimum Gasteiger partial charge on any atom is -0.391 e. The van der Waals surface area contributed by atoms with Gasteiger partial charge in [-0.2, -0.15) is 14.8 Å². The Balaban J connectivity index is 2.54. The van der Waals surface area contributed by atoms with E-state index in [1.807, 2.05) is 0 Å². The zero-order chi connectivity index (χ0) is 15.8. The zero-order valence-electron chi connectivity index (χ0n) is 11.6. The van der Waals surface area contributed by atoms with E-state index in [-0.39, 0.29) is 5.82 Å². The average molecular weight is 295 g/mol. The molecule has 0 aliphatic carbocycles. The predicted molar refractivity (Wildman–Crippen MR) is 72.7 cm³/mol. The Bertz CT molecular complexity index is 649. The summed E-state index contributed by atoms with van der Waals surface area (Å²) in [7, 11) is 0. The molecule has 0 bridgehead atoms. The first-order chi connectivity index (χ1) is 9.81. The van der Waals surface area contributed by atoms with Crippen LogP contribution in [-0.4, -0.2) is 48.8 Å². The SMILES string of the molecule is CC#CC1(N)[C@@H](O)[C@@H]([C@@H](C)O)O[C@H]1n1ncc(N)nc1=O. The van der Waals surface area contributed by atoms with Gasteiger partial charge in [-0.3, -0.25) is 0 Å². The fraction of sp³-hybridized carbons (Fsp3) is 0.583. The van der Waals surface area contributed by atoms with Crippen molar-refractivity contribution in [1.29, 1.82) is 0 Å².